The minimum Gasteiger partial charge on any atom is -0.325 e. The topological polar surface area (TPSA) is 41.1 Å². The summed E-state index contributed by atoms with van der Waals surface area (Å²) in [6.45, 7) is 4.51. The molecule has 0 fully saturated rings. The Balaban J connectivity index is 2.45. The third-order valence-electron chi connectivity index (χ3n) is 1.93. The molecule has 0 spiro atoms. The van der Waals surface area contributed by atoms with Crippen LogP contribution in [0.15, 0.2) is 41.8 Å². The highest BCUT2D eigenvalue weighted by molar-refractivity contribution is 7.98. The SMILES string of the molecule is C=CCNCC(=O)Nc1cccc(SC)c1. The lowest BCUT2D eigenvalue weighted by Gasteiger charge is -2.06. The molecule has 0 radical (unpaired) electrons. The number of hydrogen-bond acceptors (Lipinski definition) is 3. The Bertz CT molecular complexity index is 366. The van der Waals surface area contributed by atoms with Crippen molar-refractivity contribution in [3.63, 3.8) is 0 Å². The minimum atomic E-state index is -0.0416. The Morgan fingerprint density at radius 1 is 1.56 bits per heavy atom. The molecule has 0 aliphatic rings. The van der Waals surface area contributed by atoms with Crippen molar-refractivity contribution >= 4 is 23.4 Å². The van der Waals surface area contributed by atoms with E-state index in [0.29, 0.717) is 13.1 Å². The second-order valence-electron chi connectivity index (χ2n) is 3.20. The molecule has 0 unspecified atom stereocenters. The third-order valence-corrected chi connectivity index (χ3v) is 2.65. The van der Waals surface area contributed by atoms with Crippen LogP contribution in [-0.4, -0.2) is 25.3 Å². The summed E-state index contributed by atoms with van der Waals surface area (Å²) in [6, 6.07) is 7.77. The van der Waals surface area contributed by atoms with Gasteiger partial charge in [0.15, 0.2) is 0 Å². The van der Waals surface area contributed by atoms with Crippen molar-refractivity contribution in [2.75, 3.05) is 24.7 Å². The van der Waals surface area contributed by atoms with E-state index >= 15 is 0 Å². The maximum Gasteiger partial charge on any atom is 0.238 e. The predicted octanol–water partition coefficient (Wildman–Crippen LogP) is 2.12. The van der Waals surface area contributed by atoms with Gasteiger partial charge in [-0.05, 0) is 24.5 Å². The average Bonchev–Trinajstić information content (AvgIpc) is 2.29. The van der Waals surface area contributed by atoms with Gasteiger partial charge in [-0.2, -0.15) is 0 Å². The molecule has 0 aliphatic carbocycles. The largest absolute Gasteiger partial charge is 0.325 e. The Morgan fingerprint density at radius 3 is 3.06 bits per heavy atom. The summed E-state index contributed by atoms with van der Waals surface area (Å²) in [5, 5.41) is 5.77. The Kier molecular flexibility index (Phi) is 5.67. The predicted molar refractivity (Wildman–Crippen MR) is 69.9 cm³/mol. The molecule has 1 amide bonds. The van der Waals surface area contributed by atoms with E-state index in [0.717, 1.165) is 10.6 Å². The Hall–Kier alpha value is -1.26. The van der Waals surface area contributed by atoms with Crippen LogP contribution in [-0.2, 0) is 4.79 Å². The van der Waals surface area contributed by atoms with Gasteiger partial charge in [-0.1, -0.05) is 12.1 Å². The van der Waals surface area contributed by atoms with Crippen LogP contribution in [0.4, 0.5) is 5.69 Å². The standard InChI is InChI=1S/C12H16N2OS/c1-3-7-13-9-12(15)14-10-5-4-6-11(8-10)16-2/h3-6,8,13H,1,7,9H2,2H3,(H,14,15). The van der Waals surface area contributed by atoms with E-state index in [-0.39, 0.29) is 5.91 Å². The number of thioether (sulfide) groups is 1. The van der Waals surface area contributed by atoms with E-state index < -0.39 is 0 Å². The minimum absolute atomic E-state index is 0.0416. The van der Waals surface area contributed by atoms with Crippen molar-refractivity contribution in [1.82, 2.24) is 5.32 Å². The molecule has 0 saturated carbocycles. The maximum absolute atomic E-state index is 11.5. The molecular weight excluding hydrogens is 220 g/mol. The molecule has 3 nitrogen and oxygen atoms in total. The summed E-state index contributed by atoms with van der Waals surface area (Å²) >= 11 is 1.65. The van der Waals surface area contributed by atoms with Crippen LogP contribution in [0.2, 0.25) is 0 Å². The summed E-state index contributed by atoms with van der Waals surface area (Å²) in [5.41, 5.74) is 0.831. The Morgan fingerprint density at radius 2 is 2.38 bits per heavy atom. The first-order chi connectivity index (χ1) is 7.76. The zero-order valence-electron chi connectivity index (χ0n) is 9.32. The first-order valence-electron chi connectivity index (χ1n) is 5.02. The summed E-state index contributed by atoms with van der Waals surface area (Å²) in [4.78, 5) is 12.6. The maximum atomic E-state index is 11.5. The van der Waals surface area contributed by atoms with E-state index in [4.69, 9.17) is 0 Å². The zero-order valence-corrected chi connectivity index (χ0v) is 10.1. The summed E-state index contributed by atoms with van der Waals surface area (Å²) in [5.74, 6) is -0.0416. The van der Waals surface area contributed by atoms with Crippen molar-refractivity contribution in [2.45, 2.75) is 4.90 Å². The van der Waals surface area contributed by atoms with E-state index in [2.05, 4.69) is 17.2 Å². The molecular formula is C12H16N2OS. The van der Waals surface area contributed by atoms with E-state index in [9.17, 15) is 4.79 Å². The molecule has 0 saturated heterocycles. The number of carbonyl (C=O) groups excluding carboxylic acids is 1. The van der Waals surface area contributed by atoms with Crippen LogP contribution in [0.3, 0.4) is 0 Å². The van der Waals surface area contributed by atoms with Crippen molar-refractivity contribution in [2.24, 2.45) is 0 Å². The number of carbonyl (C=O) groups is 1. The summed E-state index contributed by atoms with van der Waals surface area (Å²) in [6.07, 6.45) is 3.73. The van der Waals surface area contributed by atoms with Crippen molar-refractivity contribution < 1.29 is 4.79 Å². The third kappa shape index (κ3) is 4.51. The molecule has 1 rings (SSSR count). The van der Waals surface area contributed by atoms with Crippen LogP contribution >= 0.6 is 11.8 Å². The number of amides is 1. The lowest BCUT2D eigenvalue weighted by Crippen LogP contribution is -2.28. The summed E-state index contributed by atoms with van der Waals surface area (Å²) < 4.78 is 0. The van der Waals surface area contributed by atoms with Gasteiger partial charge >= 0.3 is 0 Å². The molecule has 1 aromatic rings. The molecule has 2 N–H and O–H groups in total. The second-order valence-corrected chi connectivity index (χ2v) is 4.08. The number of nitrogens with one attached hydrogen (secondary N) is 2. The van der Waals surface area contributed by atoms with Crippen LogP contribution < -0.4 is 10.6 Å². The van der Waals surface area contributed by atoms with Crippen LogP contribution in [0, 0.1) is 0 Å². The van der Waals surface area contributed by atoms with E-state index in [1.807, 2.05) is 30.5 Å². The average molecular weight is 236 g/mol. The molecule has 0 heterocycles. The van der Waals surface area contributed by atoms with Crippen molar-refractivity contribution in [3.8, 4) is 0 Å². The molecule has 1 aromatic carbocycles. The normalized spacial score (nSPS) is 9.81. The van der Waals surface area contributed by atoms with Gasteiger partial charge < -0.3 is 10.6 Å². The molecule has 0 aromatic heterocycles. The van der Waals surface area contributed by atoms with Gasteiger partial charge in [-0.25, -0.2) is 0 Å². The van der Waals surface area contributed by atoms with Gasteiger partial charge in [0, 0.05) is 17.1 Å². The van der Waals surface area contributed by atoms with E-state index in [1.54, 1.807) is 17.8 Å². The van der Waals surface area contributed by atoms with Gasteiger partial charge in [0.25, 0.3) is 0 Å². The molecule has 4 heteroatoms. The van der Waals surface area contributed by atoms with E-state index in [1.165, 1.54) is 0 Å². The highest BCUT2D eigenvalue weighted by atomic mass is 32.2. The lowest BCUT2D eigenvalue weighted by molar-refractivity contribution is -0.115. The molecule has 0 atom stereocenters. The lowest BCUT2D eigenvalue weighted by atomic mass is 10.3. The van der Waals surface area contributed by atoms with Crippen LogP contribution in [0.5, 0.6) is 0 Å². The van der Waals surface area contributed by atoms with Crippen molar-refractivity contribution in [1.29, 1.82) is 0 Å². The summed E-state index contributed by atoms with van der Waals surface area (Å²) in [7, 11) is 0. The number of rotatable bonds is 6. The first-order valence-corrected chi connectivity index (χ1v) is 6.24. The monoisotopic (exact) mass is 236 g/mol. The molecule has 16 heavy (non-hydrogen) atoms. The van der Waals surface area contributed by atoms with Gasteiger partial charge in [-0.15, -0.1) is 18.3 Å². The quantitative estimate of drug-likeness (QED) is 0.451. The fraction of sp³-hybridized carbons (Fsp3) is 0.250. The number of benzene rings is 1. The fourth-order valence-electron chi connectivity index (χ4n) is 1.19. The first kappa shape index (κ1) is 12.8. The number of anilines is 1. The molecule has 0 bridgehead atoms. The zero-order chi connectivity index (χ0) is 11.8. The Labute approximate surface area is 100 Å². The highest BCUT2D eigenvalue weighted by Gasteiger charge is 2.01. The second kappa shape index (κ2) is 7.09. The molecule has 0 aliphatic heterocycles. The van der Waals surface area contributed by atoms with Gasteiger partial charge in [0.1, 0.15) is 0 Å². The van der Waals surface area contributed by atoms with Crippen LogP contribution in [0.25, 0.3) is 0 Å². The highest BCUT2D eigenvalue weighted by Crippen LogP contribution is 2.18. The molecule has 86 valence electrons. The van der Waals surface area contributed by atoms with Gasteiger partial charge in [-0.3, -0.25) is 4.79 Å². The van der Waals surface area contributed by atoms with Gasteiger partial charge in [0.05, 0.1) is 6.54 Å². The van der Waals surface area contributed by atoms with Gasteiger partial charge in [0.2, 0.25) is 5.91 Å². The smallest absolute Gasteiger partial charge is 0.238 e. The van der Waals surface area contributed by atoms with Crippen LogP contribution in [0.1, 0.15) is 0 Å². The fourth-order valence-corrected chi connectivity index (χ4v) is 1.65. The number of hydrogen-bond donors (Lipinski definition) is 2. The van der Waals surface area contributed by atoms with Crippen molar-refractivity contribution in [3.05, 3.63) is 36.9 Å².